The summed E-state index contributed by atoms with van der Waals surface area (Å²) in [6, 6.07) is 10.5. The van der Waals surface area contributed by atoms with E-state index in [9.17, 15) is 4.79 Å². The van der Waals surface area contributed by atoms with Crippen LogP contribution in [0.15, 0.2) is 42.6 Å². The number of pyridine rings is 1. The molecule has 0 unspecified atom stereocenters. The molecule has 0 amide bonds. The van der Waals surface area contributed by atoms with Gasteiger partial charge >= 0.3 is 5.97 Å². The Bertz CT molecular complexity index is 573. The summed E-state index contributed by atoms with van der Waals surface area (Å²) in [5.41, 5.74) is 7.12. The van der Waals surface area contributed by atoms with Gasteiger partial charge in [-0.3, -0.25) is 4.98 Å². The van der Waals surface area contributed by atoms with Crippen LogP contribution < -0.4 is 5.73 Å². The van der Waals surface area contributed by atoms with Gasteiger partial charge in [0.2, 0.25) is 0 Å². The van der Waals surface area contributed by atoms with Gasteiger partial charge in [-0.2, -0.15) is 0 Å². The molecule has 0 spiro atoms. The van der Waals surface area contributed by atoms with Gasteiger partial charge in [-0.05, 0) is 24.3 Å². The van der Waals surface area contributed by atoms with Crippen molar-refractivity contribution in [3.05, 3.63) is 58.9 Å². The number of nitrogens with two attached hydrogens (primary N) is 1. The largest absolute Gasteiger partial charge is 0.462 e. The third kappa shape index (κ3) is 3.45. The number of rotatable bonds is 4. The maximum absolute atomic E-state index is 11.8. The molecule has 1 aromatic heterocycles. The Morgan fingerprint density at radius 2 is 2.11 bits per heavy atom. The molecule has 0 saturated heterocycles. The normalized spacial score (nSPS) is 10.2. The van der Waals surface area contributed by atoms with Gasteiger partial charge in [0.05, 0.1) is 22.9 Å². The van der Waals surface area contributed by atoms with E-state index in [2.05, 4.69) is 4.98 Å². The Kier molecular flexibility index (Phi) is 4.36. The molecule has 0 radical (unpaired) electrons. The van der Waals surface area contributed by atoms with Gasteiger partial charge in [-0.25, -0.2) is 4.79 Å². The molecule has 4 nitrogen and oxygen atoms in total. The minimum Gasteiger partial charge on any atom is -0.462 e. The highest BCUT2D eigenvalue weighted by atomic mass is 35.5. The van der Waals surface area contributed by atoms with E-state index in [1.165, 1.54) is 0 Å². The van der Waals surface area contributed by atoms with Crippen LogP contribution in [0.25, 0.3) is 0 Å². The number of anilines is 1. The van der Waals surface area contributed by atoms with Crippen molar-refractivity contribution in [2.24, 2.45) is 0 Å². The number of nitrogens with zero attached hydrogens (tertiary/aromatic N) is 1. The topological polar surface area (TPSA) is 65.2 Å². The minimum atomic E-state index is -0.476. The SMILES string of the molecule is Nc1c(Cl)cccc1C(=O)OCCc1ccccn1. The van der Waals surface area contributed by atoms with Crippen LogP contribution in [0.2, 0.25) is 5.02 Å². The van der Waals surface area contributed by atoms with Crippen LogP contribution in [-0.2, 0) is 11.2 Å². The number of ether oxygens (including phenoxy) is 1. The van der Waals surface area contributed by atoms with E-state index < -0.39 is 5.97 Å². The number of carbonyl (C=O) groups excluding carboxylic acids is 1. The molecule has 0 aliphatic rings. The molecule has 1 heterocycles. The Balaban J connectivity index is 1.93. The van der Waals surface area contributed by atoms with Gasteiger partial charge in [-0.15, -0.1) is 0 Å². The molecular formula is C14H13ClN2O2. The number of hydrogen-bond donors (Lipinski definition) is 1. The second kappa shape index (κ2) is 6.20. The summed E-state index contributed by atoms with van der Waals surface area (Å²) < 4.78 is 5.15. The summed E-state index contributed by atoms with van der Waals surface area (Å²) in [7, 11) is 0. The van der Waals surface area contributed by atoms with Crippen LogP contribution in [0.3, 0.4) is 0 Å². The van der Waals surface area contributed by atoms with Crippen LogP contribution in [-0.4, -0.2) is 17.6 Å². The monoisotopic (exact) mass is 276 g/mol. The van der Waals surface area contributed by atoms with Crippen molar-refractivity contribution in [1.29, 1.82) is 0 Å². The van der Waals surface area contributed by atoms with Crippen molar-refractivity contribution < 1.29 is 9.53 Å². The van der Waals surface area contributed by atoms with E-state index in [0.717, 1.165) is 5.69 Å². The molecule has 2 N–H and O–H groups in total. The lowest BCUT2D eigenvalue weighted by molar-refractivity contribution is 0.0509. The number of nitrogen functional groups attached to an aromatic ring is 1. The average Bonchev–Trinajstić information content (AvgIpc) is 2.43. The van der Waals surface area contributed by atoms with Crippen molar-refractivity contribution in [1.82, 2.24) is 4.98 Å². The number of aromatic nitrogens is 1. The Labute approximate surface area is 116 Å². The number of carbonyl (C=O) groups is 1. The van der Waals surface area contributed by atoms with Crippen LogP contribution in [0.1, 0.15) is 16.1 Å². The number of hydrogen-bond acceptors (Lipinski definition) is 4. The quantitative estimate of drug-likeness (QED) is 0.689. The zero-order valence-corrected chi connectivity index (χ0v) is 10.9. The molecule has 98 valence electrons. The summed E-state index contributed by atoms with van der Waals surface area (Å²) in [5, 5.41) is 0.346. The molecule has 1 aromatic carbocycles. The van der Waals surface area contributed by atoms with Crippen molar-refractivity contribution in [2.45, 2.75) is 6.42 Å². The maximum Gasteiger partial charge on any atom is 0.340 e. The van der Waals surface area contributed by atoms with Gasteiger partial charge in [-0.1, -0.05) is 23.7 Å². The maximum atomic E-state index is 11.8. The molecule has 0 bridgehead atoms. The van der Waals surface area contributed by atoms with E-state index in [4.69, 9.17) is 22.1 Å². The molecule has 2 aromatic rings. The van der Waals surface area contributed by atoms with E-state index >= 15 is 0 Å². The molecule has 0 aliphatic heterocycles. The summed E-state index contributed by atoms with van der Waals surface area (Å²) in [4.78, 5) is 16.0. The van der Waals surface area contributed by atoms with E-state index in [0.29, 0.717) is 11.4 Å². The zero-order chi connectivity index (χ0) is 13.7. The first kappa shape index (κ1) is 13.4. The first-order chi connectivity index (χ1) is 9.18. The summed E-state index contributed by atoms with van der Waals surface area (Å²) in [6.07, 6.45) is 2.26. The fourth-order valence-electron chi connectivity index (χ4n) is 1.59. The number of benzene rings is 1. The Morgan fingerprint density at radius 1 is 1.26 bits per heavy atom. The Hall–Kier alpha value is -2.07. The van der Waals surface area contributed by atoms with Crippen LogP contribution in [0, 0.1) is 0 Å². The van der Waals surface area contributed by atoms with Gasteiger partial charge in [0.15, 0.2) is 0 Å². The fraction of sp³-hybridized carbons (Fsp3) is 0.143. The summed E-state index contributed by atoms with van der Waals surface area (Å²) in [6.45, 7) is 0.252. The second-order valence-electron chi connectivity index (χ2n) is 3.91. The number of halogens is 1. The molecule has 0 saturated carbocycles. The van der Waals surface area contributed by atoms with Crippen molar-refractivity contribution in [2.75, 3.05) is 12.3 Å². The smallest absolute Gasteiger partial charge is 0.340 e. The van der Waals surface area contributed by atoms with Gasteiger partial charge in [0.25, 0.3) is 0 Å². The number of para-hydroxylation sites is 1. The first-order valence-corrected chi connectivity index (χ1v) is 6.17. The number of esters is 1. The summed E-state index contributed by atoms with van der Waals surface area (Å²) in [5.74, 6) is -0.476. The van der Waals surface area contributed by atoms with Crippen LogP contribution >= 0.6 is 11.6 Å². The van der Waals surface area contributed by atoms with Crippen LogP contribution in [0.5, 0.6) is 0 Å². The lowest BCUT2D eigenvalue weighted by atomic mass is 10.2. The molecule has 0 atom stereocenters. The van der Waals surface area contributed by atoms with Gasteiger partial charge in [0.1, 0.15) is 0 Å². The van der Waals surface area contributed by atoms with Crippen LogP contribution in [0.4, 0.5) is 5.69 Å². The van der Waals surface area contributed by atoms with Crippen molar-refractivity contribution >= 4 is 23.3 Å². The highest BCUT2D eigenvalue weighted by molar-refractivity contribution is 6.33. The third-order valence-corrected chi connectivity index (χ3v) is 2.92. The van der Waals surface area contributed by atoms with Gasteiger partial charge < -0.3 is 10.5 Å². The lowest BCUT2D eigenvalue weighted by Crippen LogP contribution is -2.11. The highest BCUT2D eigenvalue weighted by Crippen LogP contribution is 2.22. The lowest BCUT2D eigenvalue weighted by Gasteiger charge is -2.07. The second-order valence-corrected chi connectivity index (χ2v) is 4.32. The summed E-state index contributed by atoms with van der Waals surface area (Å²) >= 11 is 5.85. The van der Waals surface area contributed by atoms with Crippen molar-refractivity contribution in [3.63, 3.8) is 0 Å². The van der Waals surface area contributed by atoms with E-state index in [-0.39, 0.29) is 17.9 Å². The van der Waals surface area contributed by atoms with Crippen molar-refractivity contribution in [3.8, 4) is 0 Å². The minimum absolute atomic E-state index is 0.243. The fourth-order valence-corrected chi connectivity index (χ4v) is 1.76. The van der Waals surface area contributed by atoms with E-state index in [1.807, 2.05) is 18.2 Å². The zero-order valence-electron chi connectivity index (χ0n) is 10.2. The molecular weight excluding hydrogens is 264 g/mol. The molecule has 0 fully saturated rings. The molecule has 2 rings (SSSR count). The predicted molar refractivity (Wildman–Crippen MR) is 74.1 cm³/mol. The molecule has 5 heteroatoms. The standard InChI is InChI=1S/C14H13ClN2O2/c15-12-6-3-5-11(13(12)16)14(18)19-9-7-10-4-1-2-8-17-10/h1-6,8H,7,9,16H2. The Morgan fingerprint density at radius 3 is 2.84 bits per heavy atom. The predicted octanol–water partition coefficient (Wildman–Crippen LogP) is 2.72. The van der Waals surface area contributed by atoms with E-state index in [1.54, 1.807) is 24.4 Å². The molecule has 0 aliphatic carbocycles. The highest BCUT2D eigenvalue weighted by Gasteiger charge is 2.12. The first-order valence-electron chi connectivity index (χ1n) is 5.79. The molecule has 19 heavy (non-hydrogen) atoms. The van der Waals surface area contributed by atoms with Gasteiger partial charge in [0, 0.05) is 18.3 Å². The third-order valence-electron chi connectivity index (χ3n) is 2.59. The average molecular weight is 277 g/mol.